The number of hydrogen-bond acceptors (Lipinski definition) is 3. The van der Waals surface area contributed by atoms with Gasteiger partial charge in [-0.3, -0.25) is 9.79 Å². The maximum absolute atomic E-state index is 11.7. The highest BCUT2D eigenvalue weighted by molar-refractivity contribution is 5.80. The zero-order valence-corrected chi connectivity index (χ0v) is 17.9. The Morgan fingerprint density at radius 3 is 2.55 bits per heavy atom. The van der Waals surface area contributed by atoms with Crippen molar-refractivity contribution in [1.29, 1.82) is 0 Å². The van der Waals surface area contributed by atoms with Gasteiger partial charge in [-0.2, -0.15) is 0 Å². The number of aliphatic imine (C=N–C) groups is 1. The van der Waals surface area contributed by atoms with Gasteiger partial charge in [-0.15, -0.1) is 0 Å². The molecular formula is C23H33N5O. The second-order valence-corrected chi connectivity index (χ2v) is 7.61. The van der Waals surface area contributed by atoms with E-state index < -0.39 is 0 Å². The molecule has 0 spiro atoms. The smallest absolute Gasteiger partial charge is 0.250 e. The molecule has 1 N–H and O–H groups in total. The van der Waals surface area contributed by atoms with Gasteiger partial charge in [0.2, 0.25) is 5.56 Å². The second-order valence-electron chi connectivity index (χ2n) is 7.61. The number of aryl methyl sites for hydroxylation is 2. The van der Waals surface area contributed by atoms with Crippen LogP contribution in [0.15, 0.2) is 52.4 Å². The van der Waals surface area contributed by atoms with Crippen LogP contribution < -0.4 is 15.8 Å². The summed E-state index contributed by atoms with van der Waals surface area (Å²) in [5.74, 6) is 0.975. The molecule has 1 aromatic carbocycles. The quantitative estimate of drug-likeness (QED) is 0.464. The molecule has 2 heterocycles. The predicted octanol–water partition coefficient (Wildman–Crippen LogP) is 2.64. The van der Waals surface area contributed by atoms with Gasteiger partial charge in [0.05, 0.1) is 0 Å². The predicted molar refractivity (Wildman–Crippen MR) is 121 cm³/mol. The molecule has 0 aliphatic carbocycles. The van der Waals surface area contributed by atoms with Gasteiger partial charge < -0.3 is 19.7 Å². The first-order chi connectivity index (χ1) is 14.1. The van der Waals surface area contributed by atoms with E-state index in [1.807, 2.05) is 19.3 Å². The van der Waals surface area contributed by atoms with Gasteiger partial charge in [0, 0.05) is 64.3 Å². The van der Waals surface area contributed by atoms with Gasteiger partial charge in [0.25, 0.3) is 0 Å². The van der Waals surface area contributed by atoms with Crippen molar-refractivity contribution >= 4 is 11.6 Å². The lowest BCUT2D eigenvalue weighted by molar-refractivity contribution is 0.372. The number of unbranched alkanes of at least 4 members (excludes halogenated alkanes) is 1. The number of pyridine rings is 1. The molecule has 156 valence electrons. The number of aromatic nitrogens is 1. The summed E-state index contributed by atoms with van der Waals surface area (Å²) < 4.78 is 1.77. The van der Waals surface area contributed by atoms with Crippen molar-refractivity contribution < 1.29 is 0 Å². The fraction of sp³-hybridized carbons (Fsp3) is 0.478. The van der Waals surface area contributed by atoms with Gasteiger partial charge in [0.15, 0.2) is 5.96 Å². The van der Waals surface area contributed by atoms with Crippen LogP contribution in [-0.2, 0) is 6.54 Å². The van der Waals surface area contributed by atoms with Gasteiger partial charge in [0.1, 0.15) is 0 Å². The molecule has 1 aromatic heterocycles. The SMILES string of the molecule is CN=C(NCCCCn1ccccc1=O)N1CCN(c2cccc(C)c2C)CC1. The van der Waals surface area contributed by atoms with E-state index in [0.717, 1.165) is 58.1 Å². The molecule has 0 saturated carbocycles. The lowest BCUT2D eigenvalue weighted by Crippen LogP contribution is -2.52. The van der Waals surface area contributed by atoms with Crippen molar-refractivity contribution in [1.82, 2.24) is 14.8 Å². The molecule has 6 nitrogen and oxygen atoms in total. The molecule has 29 heavy (non-hydrogen) atoms. The van der Waals surface area contributed by atoms with Crippen LogP contribution in [0.3, 0.4) is 0 Å². The number of nitrogens with one attached hydrogen (secondary N) is 1. The largest absolute Gasteiger partial charge is 0.368 e. The van der Waals surface area contributed by atoms with E-state index in [1.54, 1.807) is 16.7 Å². The molecule has 1 fully saturated rings. The average molecular weight is 396 g/mol. The summed E-state index contributed by atoms with van der Waals surface area (Å²) in [5, 5.41) is 3.49. The van der Waals surface area contributed by atoms with E-state index in [9.17, 15) is 4.79 Å². The number of anilines is 1. The molecule has 0 atom stereocenters. The highest BCUT2D eigenvalue weighted by Gasteiger charge is 2.20. The molecule has 0 radical (unpaired) electrons. The Morgan fingerprint density at radius 2 is 1.83 bits per heavy atom. The van der Waals surface area contributed by atoms with E-state index in [0.29, 0.717) is 0 Å². The number of rotatable bonds is 6. The van der Waals surface area contributed by atoms with Crippen LogP contribution in [0.25, 0.3) is 0 Å². The molecular weight excluding hydrogens is 362 g/mol. The van der Waals surface area contributed by atoms with Crippen LogP contribution in [0.4, 0.5) is 5.69 Å². The normalized spacial score (nSPS) is 14.9. The summed E-state index contributed by atoms with van der Waals surface area (Å²) in [4.78, 5) is 21.0. The van der Waals surface area contributed by atoms with Crippen molar-refractivity contribution in [2.45, 2.75) is 33.2 Å². The second kappa shape index (κ2) is 10.1. The number of benzene rings is 1. The van der Waals surface area contributed by atoms with Crippen LogP contribution in [0.1, 0.15) is 24.0 Å². The highest BCUT2D eigenvalue weighted by atomic mass is 16.1. The zero-order chi connectivity index (χ0) is 20.6. The van der Waals surface area contributed by atoms with E-state index in [1.165, 1.54) is 16.8 Å². The van der Waals surface area contributed by atoms with Crippen LogP contribution in [-0.4, -0.2) is 55.2 Å². The average Bonchev–Trinajstić information content (AvgIpc) is 2.74. The highest BCUT2D eigenvalue weighted by Crippen LogP contribution is 2.23. The maximum atomic E-state index is 11.7. The van der Waals surface area contributed by atoms with E-state index in [-0.39, 0.29) is 5.56 Å². The zero-order valence-electron chi connectivity index (χ0n) is 17.9. The Bertz CT molecular complexity index is 881. The molecule has 1 aliphatic heterocycles. The first-order valence-electron chi connectivity index (χ1n) is 10.5. The van der Waals surface area contributed by atoms with Gasteiger partial charge in [-0.05, 0) is 49.9 Å². The third-order valence-electron chi connectivity index (χ3n) is 5.72. The van der Waals surface area contributed by atoms with Crippen LogP contribution in [0.2, 0.25) is 0 Å². The Morgan fingerprint density at radius 1 is 1.03 bits per heavy atom. The molecule has 2 aromatic rings. The Kier molecular flexibility index (Phi) is 7.33. The van der Waals surface area contributed by atoms with E-state index in [4.69, 9.17) is 0 Å². The lowest BCUT2D eigenvalue weighted by Gasteiger charge is -2.38. The van der Waals surface area contributed by atoms with Crippen molar-refractivity contribution in [3.8, 4) is 0 Å². The van der Waals surface area contributed by atoms with Crippen molar-refractivity contribution in [2.24, 2.45) is 4.99 Å². The standard InChI is InChI=1S/C23H33N5O/c1-19-9-8-10-21(20(19)2)26-15-17-28(18-16-26)23(24-3)25-12-5-7-14-27-13-6-4-11-22(27)29/h4,6,8-11,13H,5,7,12,14-18H2,1-3H3,(H,24,25). The lowest BCUT2D eigenvalue weighted by atomic mass is 10.1. The summed E-state index contributed by atoms with van der Waals surface area (Å²) in [6, 6.07) is 11.8. The number of hydrogen-bond donors (Lipinski definition) is 1. The first kappa shape index (κ1) is 21.0. The number of guanidine groups is 1. The maximum Gasteiger partial charge on any atom is 0.250 e. The first-order valence-corrected chi connectivity index (χ1v) is 10.5. The van der Waals surface area contributed by atoms with Gasteiger partial charge in [-0.1, -0.05) is 18.2 Å². The van der Waals surface area contributed by atoms with Crippen molar-refractivity contribution in [3.05, 3.63) is 64.1 Å². The minimum atomic E-state index is 0.0676. The van der Waals surface area contributed by atoms with Crippen LogP contribution in [0.5, 0.6) is 0 Å². The molecule has 0 amide bonds. The Hall–Kier alpha value is -2.76. The van der Waals surface area contributed by atoms with Crippen molar-refractivity contribution in [2.75, 3.05) is 44.7 Å². The number of piperazine rings is 1. The summed E-state index contributed by atoms with van der Waals surface area (Å²) in [6.07, 6.45) is 3.82. The third-order valence-corrected chi connectivity index (χ3v) is 5.72. The van der Waals surface area contributed by atoms with E-state index in [2.05, 4.69) is 52.2 Å². The summed E-state index contributed by atoms with van der Waals surface area (Å²) in [5.41, 5.74) is 4.14. The van der Waals surface area contributed by atoms with E-state index >= 15 is 0 Å². The molecule has 0 bridgehead atoms. The minimum Gasteiger partial charge on any atom is -0.368 e. The third kappa shape index (κ3) is 5.40. The van der Waals surface area contributed by atoms with Crippen LogP contribution >= 0.6 is 0 Å². The molecule has 0 unspecified atom stereocenters. The summed E-state index contributed by atoms with van der Waals surface area (Å²) >= 11 is 0. The minimum absolute atomic E-state index is 0.0676. The summed E-state index contributed by atoms with van der Waals surface area (Å²) in [6.45, 7) is 9.94. The van der Waals surface area contributed by atoms with Gasteiger partial charge in [-0.25, -0.2) is 0 Å². The van der Waals surface area contributed by atoms with Crippen LogP contribution in [0, 0.1) is 13.8 Å². The van der Waals surface area contributed by atoms with Crippen molar-refractivity contribution in [3.63, 3.8) is 0 Å². The molecule has 3 rings (SSSR count). The fourth-order valence-corrected chi connectivity index (χ4v) is 3.82. The van der Waals surface area contributed by atoms with Gasteiger partial charge >= 0.3 is 0 Å². The molecule has 1 aliphatic rings. The topological polar surface area (TPSA) is 52.9 Å². The summed E-state index contributed by atoms with van der Waals surface area (Å²) in [7, 11) is 1.85. The Labute approximate surface area is 173 Å². The Balaban J connectivity index is 1.43. The number of nitrogens with zero attached hydrogens (tertiary/aromatic N) is 4. The molecule has 1 saturated heterocycles. The fourth-order valence-electron chi connectivity index (χ4n) is 3.82. The molecule has 6 heteroatoms. The monoisotopic (exact) mass is 395 g/mol.